The van der Waals surface area contributed by atoms with E-state index >= 15 is 0 Å². The molecular weight excluding hydrogens is 242 g/mol. The van der Waals surface area contributed by atoms with Crippen molar-refractivity contribution in [3.63, 3.8) is 0 Å². The molecule has 2 atom stereocenters. The van der Waals surface area contributed by atoms with Gasteiger partial charge in [-0.1, -0.05) is 25.1 Å². The second-order valence-electron chi connectivity index (χ2n) is 4.86. The van der Waals surface area contributed by atoms with Crippen LogP contribution in [-0.2, 0) is 11.2 Å². The Morgan fingerprint density at radius 2 is 2.11 bits per heavy atom. The van der Waals surface area contributed by atoms with E-state index in [-0.39, 0.29) is 24.7 Å². The molecule has 4 heteroatoms. The number of rotatable bonds is 5. The Morgan fingerprint density at radius 3 is 2.79 bits per heavy atom. The Hall–Kier alpha value is -1.39. The molecule has 1 aromatic rings. The van der Waals surface area contributed by atoms with Gasteiger partial charge in [-0.2, -0.15) is 0 Å². The first-order valence-electron chi connectivity index (χ1n) is 6.87. The second-order valence-corrected chi connectivity index (χ2v) is 4.86. The van der Waals surface area contributed by atoms with Crippen molar-refractivity contribution in [1.29, 1.82) is 0 Å². The zero-order valence-electron chi connectivity index (χ0n) is 11.3. The van der Waals surface area contributed by atoms with Gasteiger partial charge in [-0.3, -0.25) is 4.79 Å². The van der Waals surface area contributed by atoms with Gasteiger partial charge >= 0.3 is 0 Å². The molecule has 1 aliphatic rings. The summed E-state index contributed by atoms with van der Waals surface area (Å²) in [5, 5.41) is 11.9. The van der Waals surface area contributed by atoms with Crippen molar-refractivity contribution in [3.8, 4) is 0 Å². The second kappa shape index (κ2) is 6.68. The number of hydrogen-bond donors (Lipinski definition) is 2. The van der Waals surface area contributed by atoms with Crippen molar-refractivity contribution in [2.75, 3.05) is 13.2 Å². The Balaban J connectivity index is 1.88. The van der Waals surface area contributed by atoms with E-state index in [1.54, 1.807) is 0 Å². The molecule has 2 rings (SSSR count). The summed E-state index contributed by atoms with van der Waals surface area (Å²) in [6.07, 6.45) is 2.55. The number of nitrogens with one attached hydrogen (secondary N) is 1. The van der Waals surface area contributed by atoms with Crippen LogP contribution in [0.3, 0.4) is 0 Å². The lowest BCUT2D eigenvalue weighted by molar-refractivity contribution is 0.0125. The fourth-order valence-corrected chi connectivity index (χ4v) is 2.42. The van der Waals surface area contributed by atoms with Crippen LogP contribution >= 0.6 is 0 Å². The zero-order chi connectivity index (χ0) is 13.7. The largest absolute Gasteiger partial charge is 0.394 e. The van der Waals surface area contributed by atoms with Crippen LogP contribution in [0.15, 0.2) is 24.3 Å². The van der Waals surface area contributed by atoms with Gasteiger partial charge in [0.25, 0.3) is 5.91 Å². The number of amides is 1. The summed E-state index contributed by atoms with van der Waals surface area (Å²) < 4.78 is 5.59. The van der Waals surface area contributed by atoms with Crippen LogP contribution < -0.4 is 5.32 Å². The maximum Gasteiger partial charge on any atom is 0.251 e. The molecule has 0 radical (unpaired) electrons. The molecule has 0 saturated carbocycles. The van der Waals surface area contributed by atoms with Crippen molar-refractivity contribution in [1.82, 2.24) is 5.32 Å². The predicted octanol–water partition coefficient (Wildman–Crippen LogP) is 1.52. The van der Waals surface area contributed by atoms with Crippen molar-refractivity contribution in [2.45, 2.75) is 38.4 Å². The van der Waals surface area contributed by atoms with Crippen LogP contribution in [0.1, 0.15) is 35.7 Å². The van der Waals surface area contributed by atoms with Crippen LogP contribution in [0.4, 0.5) is 0 Å². The summed E-state index contributed by atoms with van der Waals surface area (Å²) in [5.74, 6) is -0.0477. The minimum absolute atomic E-state index is 0.0230. The molecule has 0 unspecified atom stereocenters. The highest BCUT2D eigenvalue weighted by atomic mass is 16.5. The summed E-state index contributed by atoms with van der Waals surface area (Å²) >= 11 is 0. The number of aliphatic hydroxyl groups is 1. The molecule has 1 aromatic carbocycles. The van der Waals surface area contributed by atoms with Gasteiger partial charge in [0.1, 0.15) is 0 Å². The summed E-state index contributed by atoms with van der Waals surface area (Å²) in [7, 11) is 0. The predicted molar refractivity (Wildman–Crippen MR) is 73.1 cm³/mol. The smallest absolute Gasteiger partial charge is 0.251 e. The van der Waals surface area contributed by atoms with E-state index in [1.807, 2.05) is 31.2 Å². The number of carbonyl (C=O) groups is 1. The molecular formula is C15H21NO3. The average molecular weight is 263 g/mol. The molecule has 0 aliphatic carbocycles. The normalized spacial score (nSPS) is 22.4. The third kappa shape index (κ3) is 3.55. The van der Waals surface area contributed by atoms with E-state index in [2.05, 4.69) is 5.32 Å². The minimum atomic E-state index is -0.0650. The van der Waals surface area contributed by atoms with Crippen molar-refractivity contribution in [3.05, 3.63) is 35.4 Å². The van der Waals surface area contributed by atoms with E-state index in [0.29, 0.717) is 6.54 Å². The van der Waals surface area contributed by atoms with Gasteiger partial charge in [0.2, 0.25) is 0 Å². The lowest BCUT2D eigenvalue weighted by atomic mass is 10.0. The standard InChI is InChI=1S/C15H21NO3/c1-2-11-5-3-4-6-14(11)15(18)16-9-12-7-8-13(10-17)19-12/h3-6,12-13,17H,2,7-10H2,1H3,(H,16,18)/t12-,13+/m1/s1. The quantitative estimate of drug-likeness (QED) is 0.846. The average Bonchev–Trinajstić information content (AvgIpc) is 2.92. The topological polar surface area (TPSA) is 58.6 Å². The Kier molecular flexibility index (Phi) is 4.93. The van der Waals surface area contributed by atoms with Gasteiger partial charge in [0.15, 0.2) is 0 Å². The van der Waals surface area contributed by atoms with Gasteiger partial charge < -0.3 is 15.2 Å². The Morgan fingerprint density at radius 1 is 1.37 bits per heavy atom. The summed E-state index contributed by atoms with van der Waals surface area (Å²) in [5.41, 5.74) is 1.79. The monoisotopic (exact) mass is 263 g/mol. The van der Waals surface area contributed by atoms with Crippen molar-refractivity contribution in [2.24, 2.45) is 0 Å². The van der Waals surface area contributed by atoms with Crippen LogP contribution in [0.25, 0.3) is 0 Å². The van der Waals surface area contributed by atoms with Gasteiger partial charge in [-0.15, -0.1) is 0 Å². The van der Waals surface area contributed by atoms with Crippen LogP contribution in [0.5, 0.6) is 0 Å². The van der Waals surface area contributed by atoms with Gasteiger partial charge in [-0.25, -0.2) is 0 Å². The molecule has 1 amide bonds. The molecule has 1 fully saturated rings. The lowest BCUT2D eigenvalue weighted by Gasteiger charge is -2.14. The maximum atomic E-state index is 12.1. The molecule has 0 aromatic heterocycles. The SMILES string of the molecule is CCc1ccccc1C(=O)NC[C@H]1CC[C@@H](CO)O1. The molecule has 2 N–H and O–H groups in total. The fraction of sp³-hybridized carbons (Fsp3) is 0.533. The van der Waals surface area contributed by atoms with Crippen LogP contribution in [0.2, 0.25) is 0 Å². The lowest BCUT2D eigenvalue weighted by Crippen LogP contribution is -2.33. The molecule has 1 aliphatic heterocycles. The van der Waals surface area contributed by atoms with E-state index in [0.717, 1.165) is 30.4 Å². The first-order valence-corrected chi connectivity index (χ1v) is 6.87. The van der Waals surface area contributed by atoms with Crippen LogP contribution in [-0.4, -0.2) is 36.4 Å². The Bertz CT molecular complexity index is 433. The Labute approximate surface area is 113 Å². The molecule has 104 valence electrons. The van der Waals surface area contributed by atoms with E-state index in [1.165, 1.54) is 0 Å². The molecule has 19 heavy (non-hydrogen) atoms. The molecule has 4 nitrogen and oxygen atoms in total. The molecule has 1 heterocycles. The van der Waals surface area contributed by atoms with Crippen LogP contribution in [0, 0.1) is 0 Å². The molecule has 1 saturated heterocycles. The number of ether oxygens (including phenoxy) is 1. The third-order valence-electron chi connectivity index (χ3n) is 3.53. The van der Waals surface area contributed by atoms with Crippen molar-refractivity contribution >= 4 is 5.91 Å². The van der Waals surface area contributed by atoms with E-state index < -0.39 is 0 Å². The number of benzene rings is 1. The molecule has 0 spiro atoms. The van der Waals surface area contributed by atoms with Gasteiger partial charge in [-0.05, 0) is 30.9 Å². The number of aryl methyl sites for hydroxylation is 1. The van der Waals surface area contributed by atoms with Crippen molar-refractivity contribution < 1.29 is 14.6 Å². The van der Waals surface area contributed by atoms with E-state index in [4.69, 9.17) is 9.84 Å². The number of aliphatic hydroxyl groups excluding tert-OH is 1. The van der Waals surface area contributed by atoms with Gasteiger partial charge in [0.05, 0.1) is 18.8 Å². The number of hydrogen-bond acceptors (Lipinski definition) is 3. The maximum absolute atomic E-state index is 12.1. The minimum Gasteiger partial charge on any atom is -0.394 e. The summed E-state index contributed by atoms with van der Waals surface area (Å²) in [6, 6.07) is 7.65. The fourth-order valence-electron chi connectivity index (χ4n) is 2.42. The van der Waals surface area contributed by atoms with Gasteiger partial charge in [0, 0.05) is 12.1 Å². The highest BCUT2D eigenvalue weighted by Gasteiger charge is 2.25. The highest BCUT2D eigenvalue weighted by Crippen LogP contribution is 2.18. The first-order chi connectivity index (χ1) is 9.24. The van der Waals surface area contributed by atoms with E-state index in [9.17, 15) is 4.79 Å². The highest BCUT2D eigenvalue weighted by molar-refractivity contribution is 5.95. The summed E-state index contributed by atoms with van der Waals surface area (Å²) in [6.45, 7) is 2.61. The third-order valence-corrected chi connectivity index (χ3v) is 3.53. The summed E-state index contributed by atoms with van der Waals surface area (Å²) in [4.78, 5) is 12.1. The molecule has 0 bridgehead atoms. The first kappa shape index (κ1) is 14.0. The number of carbonyl (C=O) groups excluding carboxylic acids is 1. The zero-order valence-corrected chi connectivity index (χ0v) is 11.3.